The summed E-state index contributed by atoms with van der Waals surface area (Å²) in [5, 5.41) is 12.0. The van der Waals surface area contributed by atoms with Gasteiger partial charge in [0.2, 0.25) is 5.91 Å². The third-order valence-corrected chi connectivity index (χ3v) is 5.57. The number of nitrogens with two attached hydrogens (primary N) is 1. The van der Waals surface area contributed by atoms with Crippen molar-refractivity contribution in [1.82, 2.24) is 9.91 Å². The zero-order valence-electron chi connectivity index (χ0n) is 14.9. The van der Waals surface area contributed by atoms with Gasteiger partial charge in [-0.2, -0.15) is 0 Å². The molecule has 0 bridgehead atoms. The van der Waals surface area contributed by atoms with Crippen LogP contribution in [0.3, 0.4) is 0 Å². The summed E-state index contributed by atoms with van der Waals surface area (Å²) in [6.07, 6.45) is 0.558. The molecule has 0 saturated carbocycles. The molecule has 0 radical (unpaired) electrons. The van der Waals surface area contributed by atoms with Crippen LogP contribution in [-0.2, 0) is 11.2 Å². The van der Waals surface area contributed by atoms with Crippen molar-refractivity contribution in [1.29, 1.82) is 0 Å². The van der Waals surface area contributed by atoms with Gasteiger partial charge in [-0.1, -0.05) is 59.6 Å². The lowest BCUT2D eigenvalue weighted by molar-refractivity contribution is -0.133. The number of hydrazine groups is 1. The maximum atomic E-state index is 12.8. The lowest BCUT2D eigenvalue weighted by Crippen LogP contribution is -2.46. The highest BCUT2D eigenvalue weighted by Crippen LogP contribution is 2.25. The van der Waals surface area contributed by atoms with Gasteiger partial charge >= 0.3 is 0 Å². The normalized spacial score (nSPS) is 18.4. The summed E-state index contributed by atoms with van der Waals surface area (Å²) in [7, 11) is 0. The highest BCUT2D eigenvalue weighted by Gasteiger charge is 2.28. The Kier molecular flexibility index (Phi) is 6.73. The lowest BCUT2D eigenvalue weighted by atomic mass is 10.0. The highest BCUT2D eigenvalue weighted by molar-refractivity contribution is 6.42. The second-order valence-electron chi connectivity index (χ2n) is 6.85. The number of rotatable bonds is 6. The van der Waals surface area contributed by atoms with Crippen molar-refractivity contribution >= 4 is 29.1 Å². The molecule has 0 aliphatic carbocycles. The van der Waals surface area contributed by atoms with Crippen LogP contribution in [0.25, 0.3) is 0 Å². The molecule has 1 amide bonds. The molecule has 1 saturated heterocycles. The van der Waals surface area contributed by atoms with Gasteiger partial charge in [0, 0.05) is 19.6 Å². The number of benzene rings is 2. The fourth-order valence-corrected chi connectivity index (χ4v) is 3.66. The van der Waals surface area contributed by atoms with Gasteiger partial charge in [-0.3, -0.25) is 14.7 Å². The summed E-state index contributed by atoms with van der Waals surface area (Å²) in [6, 6.07) is 14.5. The maximum absolute atomic E-state index is 12.8. The van der Waals surface area contributed by atoms with Crippen molar-refractivity contribution in [3.8, 4) is 0 Å². The first-order valence-corrected chi connectivity index (χ1v) is 9.65. The minimum absolute atomic E-state index is 0.138. The van der Waals surface area contributed by atoms with Gasteiger partial charge in [-0.15, -0.1) is 0 Å². The maximum Gasteiger partial charge on any atom is 0.241 e. The molecule has 2 atom stereocenters. The second kappa shape index (κ2) is 9.04. The monoisotopic (exact) mass is 407 g/mol. The van der Waals surface area contributed by atoms with Crippen molar-refractivity contribution in [3.05, 3.63) is 69.7 Å². The first kappa shape index (κ1) is 20.1. The standard InChI is InChI=1S/C20H23Cl2N3O2/c21-17-7-6-14(10-18(17)22)11-20(27)25(23)19(15-4-2-1-3-5-15)13-24-9-8-16(26)12-24/h1-7,10,16,19,26H,8-9,11-13,23H2/t16-,19+/m0/s1. The summed E-state index contributed by atoms with van der Waals surface area (Å²) < 4.78 is 0. The van der Waals surface area contributed by atoms with Crippen LogP contribution < -0.4 is 5.84 Å². The van der Waals surface area contributed by atoms with Crippen LogP contribution in [0, 0.1) is 0 Å². The van der Waals surface area contributed by atoms with Crippen LogP contribution in [0.1, 0.15) is 23.6 Å². The Morgan fingerprint density at radius 2 is 1.96 bits per heavy atom. The highest BCUT2D eigenvalue weighted by atomic mass is 35.5. The first-order valence-electron chi connectivity index (χ1n) is 8.90. The third kappa shape index (κ3) is 5.21. The quantitative estimate of drug-likeness (QED) is 0.438. The van der Waals surface area contributed by atoms with Crippen molar-refractivity contribution < 1.29 is 9.90 Å². The number of aliphatic hydroxyl groups excluding tert-OH is 1. The summed E-state index contributed by atoms with van der Waals surface area (Å²) >= 11 is 12.0. The van der Waals surface area contributed by atoms with E-state index in [1.165, 1.54) is 5.01 Å². The fraction of sp³-hybridized carbons (Fsp3) is 0.350. The largest absolute Gasteiger partial charge is 0.392 e. The molecule has 3 N–H and O–H groups in total. The molecule has 1 aliphatic rings. The molecule has 0 aromatic heterocycles. The molecule has 2 aromatic rings. The number of amides is 1. The molecule has 1 heterocycles. The van der Waals surface area contributed by atoms with Crippen molar-refractivity contribution in [2.24, 2.45) is 5.84 Å². The number of β-amino-alcohol motifs (C(OH)–C–C–N with tert-alkyl or cyclic N) is 1. The van der Waals surface area contributed by atoms with Crippen LogP contribution in [0.15, 0.2) is 48.5 Å². The van der Waals surface area contributed by atoms with E-state index in [0.717, 1.165) is 24.1 Å². The predicted octanol–water partition coefficient (Wildman–Crippen LogP) is 3.05. The Labute approximate surface area is 169 Å². The Morgan fingerprint density at radius 3 is 2.59 bits per heavy atom. The van der Waals surface area contributed by atoms with Crippen LogP contribution in [0.5, 0.6) is 0 Å². The van der Waals surface area contributed by atoms with Gasteiger partial charge in [0.05, 0.1) is 28.6 Å². The Morgan fingerprint density at radius 1 is 1.22 bits per heavy atom. The molecule has 3 rings (SSSR count). The molecule has 7 heteroatoms. The second-order valence-corrected chi connectivity index (χ2v) is 7.67. The van der Waals surface area contributed by atoms with Gasteiger partial charge in [0.25, 0.3) is 0 Å². The number of likely N-dealkylation sites (tertiary alicyclic amines) is 1. The summed E-state index contributed by atoms with van der Waals surface area (Å²) in [5.41, 5.74) is 1.72. The van der Waals surface area contributed by atoms with Gasteiger partial charge in [-0.25, -0.2) is 5.84 Å². The van der Waals surface area contributed by atoms with Crippen molar-refractivity contribution in [2.75, 3.05) is 19.6 Å². The molecule has 144 valence electrons. The van der Waals surface area contributed by atoms with E-state index in [9.17, 15) is 9.90 Å². The predicted molar refractivity (Wildman–Crippen MR) is 107 cm³/mol. The molecule has 2 aromatic carbocycles. The van der Waals surface area contributed by atoms with Crippen molar-refractivity contribution in [3.63, 3.8) is 0 Å². The van der Waals surface area contributed by atoms with E-state index in [4.69, 9.17) is 29.0 Å². The van der Waals surface area contributed by atoms with Gasteiger partial charge in [-0.05, 0) is 29.7 Å². The van der Waals surface area contributed by atoms with Crippen LogP contribution in [-0.4, -0.2) is 46.7 Å². The fourth-order valence-electron chi connectivity index (χ4n) is 3.34. The topological polar surface area (TPSA) is 69.8 Å². The summed E-state index contributed by atoms with van der Waals surface area (Å²) in [6.45, 7) is 1.96. The average Bonchev–Trinajstić information content (AvgIpc) is 3.08. The first-order chi connectivity index (χ1) is 12.9. The molecule has 1 fully saturated rings. The lowest BCUT2D eigenvalue weighted by Gasteiger charge is -2.31. The van der Waals surface area contributed by atoms with Crippen molar-refractivity contribution in [2.45, 2.75) is 25.0 Å². The molecule has 27 heavy (non-hydrogen) atoms. The number of carbonyl (C=O) groups is 1. The smallest absolute Gasteiger partial charge is 0.241 e. The Hall–Kier alpha value is -1.63. The van der Waals surface area contributed by atoms with Crippen LogP contribution in [0.4, 0.5) is 0 Å². The molecule has 5 nitrogen and oxygen atoms in total. The van der Waals surface area contributed by atoms with Gasteiger partial charge in [0.1, 0.15) is 0 Å². The van der Waals surface area contributed by atoms with E-state index in [1.54, 1.807) is 18.2 Å². The van der Waals surface area contributed by atoms with Gasteiger partial charge in [0.15, 0.2) is 0 Å². The van der Waals surface area contributed by atoms with Gasteiger partial charge < -0.3 is 5.11 Å². The molecule has 1 aliphatic heterocycles. The SMILES string of the molecule is NN(C(=O)Cc1ccc(Cl)c(Cl)c1)[C@H](CN1CC[C@H](O)C1)c1ccccc1. The minimum Gasteiger partial charge on any atom is -0.392 e. The molecular formula is C20H23Cl2N3O2. The van der Waals surface area contributed by atoms with Crippen LogP contribution >= 0.6 is 23.2 Å². The number of hydrogen-bond acceptors (Lipinski definition) is 4. The van der Waals surface area contributed by atoms with E-state index >= 15 is 0 Å². The number of carbonyl (C=O) groups excluding carboxylic acids is 1. The number of hydrogen-bond donors (Lipinski definition) is 2. The number of nitrogens with zero attached hydrogens (tertiary/aromatic N) is 2. The zero-order chi connectivity index (χ0) is 19.4. The Balaban J connectivity index is 1.75. The van der Waals surface area contributed by atoms with E-state index in [1.807, 2.05) is 30.3 Å². The zero-order valence-corrected chi connectivity index (χ0v) is 16.4. The molecular weight excluding hydrogens is 385 g/mol. The Bertz CT molecular complexity index is 788. The molecule has 0 unspecified atom stereocenters. The number of aliphatic hydroxyl groups is 1. The van der Waals surface area contributed by atoms with E-state index < -0.39 is 0 Å². The van der Waals surface area contributed by atoms with E-state index in [-0.39, 0.29) is 24.5 Å². The van der Waals surface area contributed by atoms with E-state index in [2.05, 4.69) is 4.90 Å². The molecule has 0 spiro atoms. The summed E-state index contributed by atoms with van der Waals surface area (Å²) in [4.78, 5) is 15.0. The van der Waals surface area contributed by atoms with E-state index in [0.29, 0.717) is 23.1 Å². The number of halogens is 2. The minimum atomic E-state index is -0.320. The third-order valence-electron chi connectivity index (χ3n) is 4.83. The van der Waals surface area contributed by atoms with Crippen LogP contribution in [0.2, 0.25) is 10.0 Å². The average molecular weight is 408 g/mol. The summed E-state index contributed by atoms with van der Waals surface area (Å²) in [5.74, 6) is 6.05.